The normalized spacial score (nSPS) is 10.4. The lowest BCUT2D eigenvalue weighted by Crippen LogP contribution is -2.10. The lowest BCUT2D eigenvalue weighted by molar-refractivity contribution is 0.103. The molecule has 0 atom stereocenters. The summed E-state index contributed by atoms with van der Waals surface area (Å²) in [5.74, 6) is -0.106. The number of rotatable bonds is 5. The highest BCUT2D eigenvalue weighted by Crippen LogP contribution is 2.34. The Hall–Kier alpha value is -3.11. The molecule has 0 aliphatic rings. The molecule has 0 aromatic heterocycles. The maximum Gasteiger partial charge on any atom is 0.254 e. The Bertz CT molecular complexity index is 984. The number of nitrogen functional groups attached to an aromatic ring is 1. The van der Waals surface area contributed by atoms with Crippen LogP contribution in [0.5, 0.6) is 5.75 Å². The van der Waals surface area contributed by atoms with Crippen LogP contribution < -0.4 is 10.5 Å². The van der Waals surface area contributed by atoms with E-state index in [4.69, 9.17) is 22.1 Å². The topological polar surface area (TPSA) is 69.4 Å². The summed E-state index contributed by atoms with van der Waals surface area (Å²) in [6, 6.07) is 19.9. The Morgan fingerprint density at radius 1 is 0.846 bits per heavy atom. The van der Waals surface area contributed by atoms with Gasteiger partial charge in [-0.15, -0.1) is 0 Å². The lowest BCUT2D eigenvalue weighted by atomic mass is 9.93. The van der Waals surface area contributed by atoms with E-state index in [1.165, 1.54) is 19.2 Å². The van der Waals surface area contributed by atoms with Crippen molar-refractivity contribution in [2.75, 3.05) is 12.8 Å². The van der Waals surface area contributed by atoms with Gasteiger partial charge < -0.3 is 10.5 Å². The van der Waals surface area contributed by atoms with Crippen LogP contribution in [0.2, 0.25) is 0 Å². The van der Waals surface area contributed by atoms with Crippen LogP contribution in [0, 0.1) is 0 Å². The minimum Gasteiger partial charge on any atom is -0.494 e. The summed E-state index contributed by atoms with van der Waals surface area (Å²) in [4.78, 5) is 24.7. The van der Waals surface area contributed by atoms with Crippen molar-refractivity contribution >= 4 is 28.3 Å². The van der Waals surface area contributed by atoms with Crippen molar-refractivity contribution in [3.05, 3.63) is 83.4 Å². The molecule has 0 unspecified atom stereocenters. The molecule has 130 valence electrons. The molecule has 0 saturated carbocycles. The number of carbonyl (C=O) groups excluding carboxylic acids is 2. The third kappa shape index (κ3) is 3.19. The van der Waals surface area contributed by atoms with Gasteiger partial charge in [0.25, 0.3) is 5.24 Å². The first-order valence-corrected chi connectivity index (χ1v) is 8.27. The first-order chi connectivity index (χ1) is 12.5. The van der Waals surface area contributed by atoms with Gasteiger partial charge in [-0.25, -0.2) is 0 Å². The molecule has 2 N–H and O–H groups in total. The largest absolute Gasteiger partial charge is 0.494 e. The molecule has 5 heteroatoms. The molecule has 0 heterocycles. The number of ether oxygens (including phenoxy) is 1. The third-order valence-electron chi connectivity index (χ3n) is 4.11. The molecule has 26 heavy (non-hydrogen) atoms. The summed E-state index contributed by atoms with van der Waals surface area (Å²) in [5, 5.41) is -0.704. The number of nitrogens with two attached hydrogens (primary N) is 1. The molecule has 3 aromatic carbocycles. The molecule has 0 fully saturated rings. The summed E-state index contributed by atoms with van der Waals surface area (Å²) in [5.41, 5.74) is 8.65. The van der Waals surface area contributed by atoms with Crippen molar-refractivity contribution in [3.8, 4) is 16.9 Å². The Labute approximate surface area is 156 Å². The number of halogens is 1. The van der Waals surface area contributed by atoms with Crippen LogP contribution in [0.25, 0.3) is 11.1 Å². The SMILES string of the molecule is COc1c(C(=O)c2ccccc2-c2ccccc2)ccc(C(=O)Cl)c1N. The maximum atomic E-state index is 13.2. The second kappa shape index (κ2) is 7.42. The van der Waals surface area contributed by atoms with Crippen LogP contribution in [0.15, 0.2) is 66.7 Å². The molecule has 0 radical (unpaired) electrons. The van der Waals surface area contributed by atoms with Crippen molar-refractivity contribution in [2.45, 2.75) is 0 Å². The van der Waals surface area contributed by atoms with Crippen LogP contribution >= 0.6 is 11.6 Å². The van der Waals surface area contributed by atoms with Gasteiger partial charge in [0.2, 0.25) is 0 Å². The van der Waals surface area contributed by atoms with E-state index in [0.29, 0.717) is 5.56 Å². The Morgan fingerprint density at radius 2 is 1.46 bits per heavy atom. The highest BCUT2D eigenvalue weighted by molar-refractivity contribution is 6.68. The maximum absolute atomic E-state index is 13.2. The molecule has 0 spiro atoms. The number of benzene rings is 3. The highest BCUT2D eigenvalue weighted by atomic mass is 35.5. The van der Waals surface area contributed by atoms with Crippen molar-refractivity contribution in [3.63, 3.8) is 0 Å². The number of hydrogen-bond acceptors (Lipinski definition) is 4. The van der Waals surface area contributed by atoms with Gasteiger partial charge in [0.1, 0.15) is 0 Å². The lowest BCUT2D eigenvalue weighted by Gasteiger charge is -2.14. The Kier molecular flexibility index (Phi) is 5.05. The molecule has 0 bridgehead atoms. The van der Waals surface area contributed by atoms with Gasteiger partial charge in [0, 0.05) is 5.56 Å². The second-order valence-corrected chi connectivity index (χ2v) is 5.97. The van der Waals surface area contributed by atoms with Crippen molar-refractivity contribution in [1.29, 1.82) is 0 Å². The third-order valence-corrected chi connectivity index (χ3v) is 4.32. The van der Waals surface area contributed by atoms with E-state index < -0.39 is 5.24 Å². The van der Waals surface area contributed by atoms with Crippen LogP contribution in [0.1, 0.15) is 26.3 Å². The van der Waals surface area contributed by atoms with Gasteiger partial charge in [-0.3, -0.25) is 9.59 Å². The Morgan fingerprint density at radius 3 is 2.12 bits per heavy atom. The zero-order valence-corrected chi connectivity index (χ0v) is 14.8. The average molecular weight is 366 g/mol. The zero-order chi connectivity index (χ0) is 18.7. The predicted octanol–water partition coefficient (Wildman–Crippen LogP) is 4.55. The van der Waals surface area contributed by atoms with Crippen LogP contribution in [0.3, 0.4) is 0 Å². The van der Waals surface area contributed by atoms with Gasteiger partial charge in [0.15, 0.2) is 11.5 Å². The first-order valence-electron chi connectivity index (χ1n) is 7.90. The van der Waals surface area contributed by atoms with Gasteiger partial charge in [-0.2, -0.15) is 0 Å². The molecule has 0 amide bonds. The standard InChI is InChI=1S/C21H16ClNO3/c1-26-20-17(12-11-16(18(20)23)21(22)25)19(24)15-10-6-5-9-14(15)13-7-3-2-4-8-13/h2-12H,23H2,1H3. The van der Waals surface area contributed by atoms with E-state index in [-0.39, 0.29) is 28.3 Å². The summed E-state index contributed by atoms with van der Waals surface area (Å²) in [7, 11) is 1.40. The summed E-state index contributed by atoms with van der Waals surface area (Å²) >= 11 is 5.53. The molecule has 0 aliphatic carbocycles. The summed E-state index contributed by atoms with van der Waals surface area (Å²) in [6.45, 7) is 0. The highest BCUT2D eigenvalue weighted by Gasteiger charge is 2.22. The van der Waals surface area contributed by atoms with E-state index in [9.17, 15) is 9.59 Å². The molecular formula is C21H16ClNO3. The summed E-state index contributed by atoms with van der Waals surface area (Å²) in [6.07, 6.45) is 0. The second-order valence-electron chi connectivity index (χ2n) is 5.62. The van der Waals surface area contributed by atoms with Gasteiger partial charge in [0.05, 0.1) is 23.9 Å². The van der Waals surface area contributed by atoms with Crippen molar-refractivity contribution in [1.82, 2.24) is 0 Å². The minimum absolute atomic E-state index is 0.0514. The molecule has 3 aromatic rings. The number of anilines is 1. The fourth-order valence-electron chi connectivity index (χ4n) is 2.87. The molecule has 4 nitrogen and oxygen atoms in total. The van der Waals surface area contributed by atoms with Crippen molar-refractivity contribution in [2.24, 2.45) is 0 Å². The number of carbonyl (C=O) groups is 2. The summed E-state index contributed by atoms with van der Waals surface area (Å²) < 4.78 is 5.30. The number of hydrogen-bond donors (Lipinski definition) is 1. The number of ketones is 1. The van der Waals surface area contributed by atoms with E-state index in [1.54, 1.807) is 12.1 Å². The van der Waals surface area contributed by atoms with Crippen molar-refractivity contribution < 1.29 is 14.3 Å². The fourth-order valence-corrected chi connectivity index (χ4v) is 3.03. The fraction of sp³-hybridized carbons (Fsp3) is 0.0476. The smallest absolute Gasteiger partial charge is 0.254 e. The monoisotopic (exact) mass is 365 g/mol. The van der Waals surface area contributed by atoms with Gasteiger partial charge in [-0.1, -0.05) is 54.6 Å². The van der Waals surface area contributed by atoms with Crippen LogP contribution in [-0.4, -0.2) is 18.1 Å². The van der Waals surface area contributed by atoms with Gasteiger partial charge in [-0.05, 0) is 34.9 Å². The van der Waals surface area contributed by atoms with Gasteiger partial charge >= 0.3 is 0 Å². The van der Waals surface area contributed by atoms with Crippen LogP contribution in [-0.2, 0) is 0 Å². The minimum atomic E-state index is -0.704. The number of methoxy groups -OCH3 is 1. The van der Waals surface area contributed by atoms with E-state index in [0.717, 1.165) is 11.1 Å². The van der Waals surface area contributed by atoms with E-state index in [2.05, 4.69) is 0 Å². The zero-order valence-electron chi connectivity index (χ0n) is 14.0. The molecule has 0 saturated heterocycles. The first kappa shape index (κ1) is 17.7. The quantitative estimate of drug-likeness (QED) is 0.409. The Balaban J connectivity index is 2.15. The van der Waals surface area contributed by atoms with E-state index in [1.807, 2.05) is 42.5 Å². The molecule has 3 rings (SSSR count). The van der Waals surface area contributed by atoms with E-state index >= 15 is 0 Å². The molecular weight excluding hydrogens is 350 g/mol. The average Bonchev–Trinajstić information content (AvgIpc) is 2.67. The molecule has 0 aliphatic heterocycles. The predicted molar refractivity (Wildman–Crippen MR) is 103 cm³/mol. The van der Waals surface area contributed by atoms with Crippen LogP contribution in [0.4, 0.5) is 5.69 Å².